The van der Waals surface area contributed by atoms with Crippen molar-refractivity contribution < 1.29 is 4.74 Å². The Morgan fingerprint density at radius 2 is 1.67 bits per heavy atom. The van der Waals surface area contributed by atoms with Gasteiger partial charge in [-0.2, -0.15) is 0 Å². The summed E-state index contributed by atoms with van der Waals surface area (Å²) in [4.78, 5) is 2.45. The van der Waals surface area contributed by atoms with Gasteiger partial charge in [-0.25, -0.2) is 0 Å². The Morgan fingerprint density at radius 3 is 2.07 bits per heavy atom. The van der Waals surface area contributed by atoms with Crippen molar-refractivity contribution in [2.45, 2.75) is 58.3 Å². The van der Waals surface area contributed by atoms with Crippen molar-refractivity contribution in [1.29, 1.82) is 0 Å². The monoisotopic (exact) mass is 214 g/mol. The van der Waals surface area contributed by atoms with E-state index in [2.05, 4.69) is 32.6 Å². The highest BCUT2D eigenvalue weighted by atomic mass is 16.5. The van der Waals surface area contributed by atoms with Crippen LogP contribution in [0, 0.1) is 0 Å². The molecule has 1 fully saturated rings. The topological polar surface area (TPSA) is 38.5 Å². The Labute approximate surface area is 94.0 Å². The summed E-state index contributed by atoms with van der Waals surface area (Å²) in [5.74, 6) is 0. The summed E-state index contributed by atoms with van der Waals surface area (Å²) < 4.78 is 5.72. The molecule has 2 atom stereocenters. The van der Waals surface area contributed by atoms with E-state index in [1.165, 1.54) is 0 Å². The first-order chi connectivity index (χ1) is 6.99. The van der Waals surface area contributed by atoms with E-state index in [1.807, 2.05) is 0 Å². The molecule has 2 N–H and O–H groups in total. The third kappa shape index (κ3) is 3.74. The lowest BCUT2D eigenvalue weighted by atomic mass is 9.93. The summed E-state index contributed by atoms with van der Waals surface area (Å²) >= 11 is 0. The van der Waals surface area contributed by atoms with Crippen LogP contribution in [-0.2, 0) is 4.74 Å². The number of nitrogens with zero attached hydrogens (tertiary/aromatic N) is 1. The van der Waals surface area contributed by atoms with Crippen molar-refractivity contribution in [3.05, 3.63) is 0 Å². The molecule has 0 radical (unpaired) electrons. The predicted molar refractivity (Wildman–Crippen MR) is 63.9 cm³/mol. The number of hydrogen-bond acceptors (Lipinski definition) is 3. The summed E-state index contributed by atoms with van der Waals surface area (Å²) in [5, 5.41) is 0. The average molecular weight is 214 g/mol. The molecule has 0 aromatic rings. The summed E-state index contributed by atoms with van der Waals surface area (Å²) in [6.45, 7) is 11.7. The molecular formula is C12H26N2O. The summed E-state index contributed by atoms with van der Waals surface area (Å²) in [7, 11) is 0. The van der Waals surface area contributed by atoms with E-state index in [-0.39, 0.29) is 5.54 Å². The number of nitrogens with two attached hydrogens (primary N) is 1. The van der Waals surface area contributed by atoms with Crippen LogP contribution in [0.25, 0.3) is 0 Å². The molecule has 0 amide bonds. The Hall–Kier alpha value is -0.120. The lowest BCUT2D eigenvalue weighted by Crippen LogP contribution is -2.55. The Bertz CT molecular complexity index is 182. The van der Waals surface area contributed by atoms with Crippen LogP contribution in [0.4, 0.5) is 0 Å². The molecule has 1 aliphatic rings. The SMILES string of the molecule is CCC(N)(CC)CN1C[C@@H](C)O[C@@H](C)C1. The van der Waals surface area contributed by atoms with Crippen LogP contribution in [-0.4, -0.2) is 42.3 Å². The van der Waals surface area contributed by atoms with Gasteiger partial charge >= 0.3 is 0 Å². The number of morpholine rings is 1. The van der Waals surface area contributed by atoms with Crippen LogP contribution in [0.1, 0.15) is 40.5 Å². The second-order valence-corrected chi connectivity index (χ2v) is 5.02. The highest BCUT2D eigenvalue weighted by Crippen LogP contribution is 2.17. The van der Waals surface area contributed by atoms with Gasteiger partial charge in [0.25, 0.3) is 0 Å². The maximum Gasteiger partial charge on any atom is 0.0678 e. The first-order valence-electron chi connectivity index (χ1n) is 6.15. The minimum absolute atomic E-state index is 0.0171. The van der Waals surface area contributed by atoms with Crippen LogP contribution in [0.3, 0.4) is 0 Å². The first-order valence-corrected chi connectivity index (χ1v) is 6.15. The van der Waals surface area contributed by atoms with E-state index < -0.39 is 0 Å². The second kappa shape index (κ2) is 5.28. The lowest BCUT2D eigenvalue weighted by Gasteiger charge is -2.40. The van der Waals surface area contributed by atoms with E-state index in [1.54, 1.807) is 0 Å². The number of ether oxygens (including phenoxy) is 1. The van der Waals surface area contributed by atoms with Gasteiger partial charge in [0.1, 0.15) is 0 Å². The quantitative estimate of drug-likeness (QED) is 0.773. The summed E-state index contributed by atoms with van der Waals surface area (Å²) in [5.41, 5.74) is 6.32. The maximum absolute atomic E-state index is 6.34. The molecule has 0 unspecified atom stereocenters. The zero-order valence-corrected chi connectivity index (χ0v) is 10.6. The van der Waals surface area contributed by atoms with E-state index >= 15 is 0 Å². The van der Waals surface area contributed by atoms with Gasteiger partial charge in [0.15, 0.2) is 0 Å². The van der Waals surface area contributed by atoms with E-state index in [9.17, 15) is 0 Å². The van der Waals surface area contributed by atoms with Crippen molar-refractivity contribution in [3.8, 4) is 0 Å². The van der Waals surface area contributed by atoms with Gasteiger partial charge in [-0.05, 0) is 26.7 Å². The van der Waals surface area contributed by atoms with Gasteiger partial charge in [0, 0.05) is 25.2 Å². The third-order valence-electron chi connectivity index (χ3n) is 3.44. The van der Waals surface area contributed by atoms with Crippen molar-refractivity contribution in [1.82, 2.24) is 4.90 Å². The lowest BCUT2D eigenvalue weighted by molar-refractivity contribution is -0.0730. The van der Waals surface area contributed by atoms with Gasteiger partial charge in [0.2, 0.25) is 0 Å². The fourth-order valence-corrected chi connectivity index (χ4v) is 2.33. The zero-order valence-electron chi connectivity index (χ0n) is 10.6. The summed E-state index contributed by atoms with van der Waals surface area (Å²) in [6.07, 6.45) is 2.77. The minimum atomic E-state index is -0.0171. The Kier molecular flexibility index (Phi) is 4.56. The Morgan fingerprint density at radius 1 is 1.20 bits per heavy atom. The van der Waals surface area contributed by atoms with E-state index in [0.717, 1.165) is 32.5 Å². The van der Waals surface area contributed by atoms with Gasteiger partial charge in [-0.3, -0.25) is 4.90 Å². The normalized spacial score (nSPS) is 29.4. The van der Waals surface area contributed by atoms with Crippen LogP contribution in [0.15, 0.2) is 0 Å². The van der Waals surface area contributed by atoms with Crippen LogP contribution >= 0.6 is 0 Å². The highest BCUT2D eigenvalue weighted by molar-refractivity contribution is 4.87. The van der Waals surface area contributed by atoms with Crippen LogP contribution in [0.5, 0.6) is 0 Å². The van der Waals surface area contributed by atoms with Crippen molar-refractivity contribution in [3.63, 3.8) is 0 Å². The highest BCUT2D eigenvalue weighted by Gasteiger charge is 2.28. The standard InChI is InChI=1S/C12H26N2O/c1-5-12(13,6-2)9-14-7-10(3)15-11(4)8-14/h10-11H,5-9,13H2,1-4H3/t10-,11+. The molecule has 1 aliphatic heterocycles. The molecule has 1 rings (SSSR count). The summed E-state index contributed by atoms with van der Waals surface area (Å²) in [6, 6.07) is 0. The molecule has 0 aromatic carbocycles. The molecule has 0 aliphatic carbocycles. The van der Waals surface area contributed by atoms with Crippen molar-refractivity contribution >= 4 is 0 Å². The largest absolute Gasteiger partial charge is 0.373 e. The molecule has 0 aromatic heterocycles. The Balaban J connectivity index is 2.49. The van der Waals surface area contributed by atoms with Crippen molar-refractivity contribution in [2.75, 3.05) is 19.6 Å². The second-order valence-electron chi connectivity index (χ2n) is 5.02. The average Bonchev–Trinajstić information content (AvgIpc) is 2.16. The van der Waals surface area contributed by atoms with Crippen LogP contribution in [0.2, 0.25) is 0 Å². The van der Waals surface area contributed by atoms with Gasteiger partial charge < -0.3 is 10.5 Å². The maximum atomic E-state index is 6.34. The van der Waals surface area contributed by atoms with E-state index in [4.69, 9.17) is 10.5 Å². The molecule has 3 heteroatoms. The molecule has 15 heavy (non-hydrogen) atoms. The van der Waals surface area contributed by atoms with Crippen LogP contribution < -0.4 is 5.73 Å². The molecule has 1 heterocycles. The molecule has 0 saturated carbocycles. The minimum Gasteiger partial charge on any atom is -0.373 e. The molecule has 0 bridgehead atoms. The van der Waals surface area contributed by atoms with Gasteiger partial charge in [-0.15, -0.1) is 0 Å². The fraction of sp³-hybridized carbons (Fsp3) is 1.00. The molecule has 90 valence electrons. The first kappa shape index (κ1) is 12.9. The van der Waals surface area contributed by atoms with Crippen molar-refractivity contribution in [2.24, 2.45) is 5.73 Å². The molecule has 0 spiro atoms. The number of hydrogen-bond donors (Lipinski definition) is 1. The zero-order chi connectivity index (χ0) is 11.5. The smallest absolute Gasteiger partial charge is 0.0678 e. The van der Waals surface area contributed by atoms with Gasteiger partial charge in [-0.1, -0.05) is 13.8 Å². The third-order valence-corrected chi connectivity index (χ3v) is 3.44. The molecule has 3 nitrogen and oxygen atoms in total. The molecule has 1 saturated heterocycles. The molecular weight excluding hydrogens is 188 g/mol. The number of rotatable bonds is 4. The fourth-order valence-electron chi connectivity index (χ4n) is 2.33. The predicted octanol–water partition coefficient (Wildman–Crippen LogP) is 1.61. The van der Waals surface area contributed by atoms with E-state index in [0.29, 0.717) is 12.2 Å². The van der Waals surface area contributed by atoms with Gasteiger partial charge in [0.05, 0.1) is 12.2 Å².